The number of phenols is 1. The molecular formula is C9H7NO. The molecule has 0 saturated heterocycles. The predicted molar refractivity (Wildman–Crippen MR) is 40.2 cm³/mol. The highest BCUT2D eigenvalue weighted by atomic mass is 16.3. The van der Waals surface area contributed by atoms with Gasteiger partial charge in [0.2, 0.25) is 0 Å². The summed E-state index contributed by atoms with van der Waals surface area (Å²) in [4.78, 5) is 0. The van der Waals surface area contributed by atoms with Crippen LogP contribution in [0.2, 0.25) is 0 Å². The van der Waals surface area contributed by atoms with Crippen molar-refractivity contribution in [3.63, 3.8) is 0 Å². The second kappa shape index (κ2) is 2.00. The van der Waals surface area contributed by atoms with Gasteiger partial charge in [0.1, 0.15) is 5.75 Å². The van der Waals surface area contributed by atoms with Crippen molar-refractivity contribution in [3.05, 3.63) is 29.3 Å². The number of hydrogen-bond acceptors (Lipinski definition) is 2. The maximum Gasteiger partial charge on any atom is 0.120 e. The molecule has 1 aliphatic carbocycles. The van der Waals surface area contributed by atoms with Crippen LogP contribution in [0.1, 0.15) is 17.0 Å². The lowest BCUT2D eigenvalue weighted by Gasteiger charge is -2.24. The van der Waals surface area contributed by atoms with Crippen LogP contribution in [0.3, 0.4) is 0 Å². The van der Waals surface area contributed by atoms with Gasteiger partial charge in [-0.2, -0.15) is 5.26 Å². The van der Waals surface area contributed by atoms with Crippen LogP contribution in [0.4, 0.5) is 0 Å². The van der Waals surface area contributed by atoms with Gasteiger partial charge in [0.15, 0.2) is 0 Å². The van der Waals surface area contributed by atoms with Crippen LogP contribution in [0, 0.1) is 11.3 Å². The first kappa shape index (κ1) is 6.23. The number of rotatable bonds is 0. The Labute approximate surface area is 64.7 Å². The number of nitriles is 1. The van der Waals surface area contributed by atoms with E-state index < -0.39 is 0 Å². The van der Waals surface area contributed by atoms with Crippen LogP contribution in [-0.2, 0) is 6.42 Å². The van der Waals surface area contributed by atoms with Gasteiger partial charge < -0.3 is 5.11 Å². The molecule has 1 unspecified atom stereocenters. The van der Waals surface area contributed by atoms with Gasteiger partial charge in [-0.15, -0.1) is 0 Å². The normalized spacial score (nSPS) is 19.7. The molecule has 0 saturated carbocycles. The van der Waals surface area contributed by atoms with E-state index in [0.29, 0.717) is 0 Å². The van der Waals surface area contributed by atoms with Gasteiger partial charge >= 0.3 is 0 Å². The molecule has 1 aliphatic rings. The minimum absolute atomic E-state index is 0.0776. The van der Waals surface area contributed by atoms with Crippen molar-refractivity contribution in [2.24, 2.45) is 0 Å². The van der Waals surface area contributed by atoms with Gasteiger partial charge in [-0.1, -0.05) is 12.1 Å². The molecule has 1 atom stereocenters. The lowest BCUT2D eigenvalue weighted by molar-refractivity contribution is 0.457. The van der Waals surface area contributed by atoms with Crippen LogP contribution in [0.5, 0.6) is 5.75 Å². The quantitative estimate of drug-likeness (QED) is 0.602. The Morgan fingerprint density at radius 3 is 3.00 bits per heavy atom. The van der Waals surface area contributed by atoms with Gasteiger partial charge in [-0.25, -0.2) is 0 Å². The first-order valence-electron chi connectivity index (χ1n) is 3.53. The second-order valence-corrected chi connectivity index (χ2v) is 2.74. The van der Waals surface area contributed by atoms with Crippen molar-refractivity contribution in [1.82, 2.24) is 0 Å². The highest BCUT2D eigenvalue weighted by Gasteiger charge is 2.28. The summed E-state index contributed by atoms with van der Waals surface area (Å²) in [6, 6.07) is 7.52. The maximum absolute atomic E-state index is 9.30. The number of benzene rings is 1. The number of nitrogens with zero attached hydrogens (tertiary/aromatic N) is 1. The van der Waals surface area contributed by atoms with E-state index in [2.05, 4.69) is 6.07 Å². The van der Waals surface area contributed by atoms with Crippen molar-refractivity contribution >= 4 is 0 Å². The van der Waals surface area contributed by atoms with Crippen molar-refractivity contribution < 1.29 is 5.11 Å². The fraction of sp³-hybridized carbons (Fsp3) is 0.222. The topological polar surface area (TPSA) is 44.0 Å². The summed E-state index contributed by atoms with van der Waals surface area (Å²) >= 11 is 0. The van der Waals surface area contributed by atoms with E-state index in [0.717, 1.165) is 17.5 Å². The molecule has 2 nitrogen and oxygen atoms in total. The van der Waals surface area contributed by atoms with E-state index in [4.69, 9.17) is 5.26 Å². The number of hydrogen-bond donors (Lipinski definition) is 1. The maximum atomic E-state index is 9.30. The largest absolute Gasteiger partial charge is 0.508 e. The lowest BCUT2D eigenvalue weighted by atomic mass is 9.78. The van der Waals surface area contributed by atoms with E-state index in [9.17, 15) is 5.11 Å². The predicted octanol–water partition coefficient (Wildman–Crippen LogP) is 1.56. The third kappa shape index (κ3) is 0.712. The second-order valence-electron chi connectivity index (χ2n) is 2.74. The molecule has 0 fully saturated rings. The first-order valence-corrected chi connectivity index (χ1v) is 3.53. The molecule has 0 aliphatic heterocycles. The zero-order chi connectivity index (χ0) is 7.84. The molecule has 11 heavy (non-hydrogen) atoms. The third-order valence-electron chi connectivity index (χ3n) is 2.10. The fourth-order valence-electron chi connectivity index (χ4n) is 1.48. The van der Waals surface area contributed by atoms with Crippen molar-refractivity contribution in [3.8, 4) is 11.8 Å². The summed E-state index contributed by atoms with van der Waals surface area (Å²) in [5, 5.41) is 17.9. The summed E-state index contributed by atoms with van der Waals surface area (Å²) in [7, 11) is 0. The molecular weight excluding hydrogens is 138 g/mol. The smallest absolute Gasteiger partial charge is 0.120 e. The highest BCUT2D eigenvalue weighted by Crippen LogP contribution is 2.40. The van der Waals surface area contributed by atoms with Crippen molar-refractivity contribution in [2.75, 3.05) is 0 Å². The monoisotopic (exact) mass is 145 g/mol. The molecule has 1 N–H and O–H groups in total. The molecule has 0 bridgehead atoms. The molecule has 0 radical (unpaired) electrons. The van der Waals surface area contributed by atoms with E-state index in [1.165, 1.54) is 0 Å². The standard InChI is InChI=1S/C9H7NO/c10-5-7-4-6-2-1-3-8(11)9(6)7/h1-3,7,11H,4H2. The molecule has 54 valence electrons. The highest BCUT2D eigenvalue weighted by molar-refractivity contribution is 5.51. The zero-order valence-corrected chi connectivity index (χ0v) is 5.91. The molecule has 0 spiro atoms. The third-order valence-corrected chi connectivity index (χ3v) is 2.10. The van der Waals surface area contributed by atoms with Crippen molar-refractivity contribution in [2.45, 2.75) is 12.3 Å². The Balaban J connectivity index is 2.53. The summed E-state index contributed by atoms with van der Waals surface area (Å²) in [6.07, 6.45) is 0.792. The number of aromatic hydroxyl groups is 1. The summed E-state index contributed by atoms with van der Waals surface area (Å²) < 4.78 is 0. The molecule has 2 rings (SSSR count). The average Bonchev–Trinajstić information content (AvgIpc) is 1.93. The Hall–Kier alpha value is -1.49. The Morgan fingerprint density at radius 1 is 1.55 bits per heavy atom. The Kier molecular flexibility index (Phi) is 1.13. The van der Waals surface area contributed by atoms with Crippen molar-refractivity contribution in [1.29, 1.82) is 5.26 Å². The molecule has 0 amide bonds. The van der Waals surface area contributed by atoms with Crippen LogP contribution < -0.4 is 0 Å². The SMILES string of the molecule is N#CC1Cc2cccc(O)c21. The average molecular weight is 145 g/mol. The van der Waals surface area contributed by atoms with E-state index >= 15 is 0 Å². The van der Waals surface area contributed by atoms with Crippen LogP contribution in [0.25, 0.3) is 0 Å². The fourth-order valence-corrected chi connectivity index (χ4v) is 1.48. The lowest BCUT2D eigenvalue weighted by Crippen LogP contribution is -2.14. The molecule has 0 heterocycles. The Morgan fingerprint density at radius 2 is 2.36 bits per heavy atom. The van der Waals surface area contributed by atoms with Crippen LogP contribution in [-0.4, -0.2) is 5.11 Å². The van der Waals surface area contributed by atoms with Gasteiger partial charge in [-0.3, -0.25) is 0 Å². The van der Waals surface area contributed by atoms with E-state index in [-0.39, 0.29) is 11.7 Å². The Bertz CT molecular complexity index is 324. The molecule has 0 aromatic heterocycles. The number of fused-ring (bicyclic) bond motifs is 1. The summed E-state index contributed by atoms with van der Waals surface area (Å²) in [5.74, 6) is 0.187. The van der Waals surface area contributed by atoms with Crippen LogP contribution >= 0.6 is 0 Å². The van der Waals surface area contributed by atoms with Gasteiger partial charge in [0.25, 0.3) is 0 Å². The van der Waals surface area contributed by atoms with E-state index in [1.807, 2.05) is 12.1 Å². The van der Waals surface area contributed by atoms with Gasteiger partial charge in [0, 0.05) is 5.56 Å². The molecule has 1 aromatic rings. The first-order chi connectivity index (χ1) is 5.33. The van der Waals surface area contributed by atoms with Crippen LogP contribution in [0.15, 0.2) is 18.2 Å². The zero-order valence-electron chi connectivity index (χ0n) is 5.91. The summed E-state index contributed by atoms with van der Waals surface area (Å²) in [5.41, 5.74) is 1.94. The summed E-state index contributed by atoms with van der Waals surface area (Å²) in [6.45, 7) is 0. The minimum Gasteiger partial charge on any atom is -0.508 e. The minimum atomic E-state index is -0.0776. The molecule has 1 aromatic carbocycles. The van der Waals surface area contributed by atoms with E-state index in [1.54, 1.807) is 6.07 Å². The molecule has 2 heteroatoms. The van der Waals surface area contributed by atoms with Gasteiger partial charge in [-0.05, 0) is 18.1 Å². The van der Waals surface area contributed by atoms with Gasteiger partial charge in [0.05, 0.1) is 12.0 Å². The number of phenolic OH excluding ortho intramolecular Hbond substituents is 1.